The molecule has 0 radical (unpaired) electrons. The van der Waals surface area contributed by atoms with Crippen LogP contribution in [0.1, 0.15) is 6.92 Å². The smallest absolute Gasteiger partial charge is 0.123 e. The van der Waals surface area contributed by atoms with E-state index in [1.807, 2.05) is 0 Å². The zero-order valence-electron chi connectivity index (χ0n) is 5.84. The van der Waals surface area contributed by atoms with Gasteiger partial charge in [-0.05, 0) is 23.7 Å². The quantitative estimate of drug-likeness (QED) is 0.473. The van der Waals surface area contributed by atoms with Crippen LogP contribution in [-0.4, -0.2) is 5.67 Å². The van der Waals surface area contributed by atoms with Crippen LogP contribution in [0.2, 0.25) is 0 Å². The highest BCUT2D eigenvalue weighted by Crippen LogP contribution is 3.08. The van der Waals surface area contributed by atoms with Gasteiger partial charge in [-0.2, -0.15) is 0 Å². The van der Waals surface area contributed by atoms with Crippen molar-refractivity contribution in [2.24, 2.45) is 40.9 Å². The lowest BCUT2D eigenvalue weighted by Gasteiger charge is -3.08. The van der Waals surface area contributed by atoms with Crippen LogP contribution in [-0.2, 0) is 0 Å². The number of rotatable bonds is 0. The van der Waals surface area contributed by atoms with Gasteiger partial charge in [0.2, 0.25) is 0 Å². The molecule has 0 bridgehead atoms. The summed E-state index contributed by atoms with van der Waals surface area (Å²) in [7, 11) is 0. The standard InChI is InChI=1S/C9H9F/c1-8-4-2-3-6(4)9(8,10)7(3)5(2)8/h2-7H,1H3. The maximum atomic E-state index is 13.8. The SMILES string of the molecule is CC12C3C4C5C3C1(F)C5C42. The summed E-state index contributed by atoms with van der Waals surface area (Å²) in [6, 6.07) is 0. The van der Waals surface area contributed by atoms with Crippen LogP contribution in [0, 0.1) is 40.9 Å². The minimum absolute atomic E-state index is 0.238. The van der Waals surface area contributed by atoms with Crippen LogP contribution in [0.25, 0.3) is 0 Å². The first kappa shape index (κ1) is 4.08. The Morgan fingerprint density at radius 2 is 1.50 bits per heavy atom. The molecule has 0 saturated heterocycles. The number of alkyl halides is 1. The van der Waals surface area contributed by atoms with Crippen molar-refractivity contribution in [3.8, 4) is 0 Å². The molecule has 6 aliphatic carbocycles. The molecule has 0 nitrogen and oxygen atoms in total. The molecule has 1 heteroatoms. The molecular weight excluding hydrogens is 127 g/mol. The van der Waals surface area contributed by atoms with Crippen LogP contribution < -0.4 is 0 Å². The van der Waals surface area contributed by atoms with Gasteiger partial charge < -0.3 is 0 Å². The van der Waals surface area contributed by atoms with Gasteiger partial charge in [-0.3, -0.25) is 0 Å². The van der Waals surface area contributed by atoms with E-state index in [-0.39, 0.29) is 5.41 Å². The van der Waals surface area contributed by atoms with Gasteiger partial charge in [0.05, 0.1) is 0 Å². The fourth-order valence-corrected chi connectivity index (χ4v) is 5.94. The van der Waals surface area contributed by atoms with E-state index < -0.39 is 5.67 Å². The molecule has 0 N–H and O–H groups in total. The van der Waals surface area contributed by atoms with Gasteiger partial charge in [-0.1, -0.05) is 6.92 Å². The zero-order valence-corrected chi connectivity index (χ0v) is 5.84. The van der Waals surface area contributed by atoms with E-state index in [1.54, 1.807) is 0 Å². The molecule has 0 amide bonds. The van der Waals surface area contributed by atoms with E-state index in [4.69, 9.17) is 0 Å². The van der Waals surface area contributed by atoms with Crippen molar-refractivity contribution in [2.75, 3.05) is 0 Å². The van der Waals surface area contributed by atoms with Crippen LogP contribution in [0.4, 0.5) is 4.39 Å². The van der Waals surface area contributed by atoms with Gasteiger partial charge in [0, 0.05) is 17.3 Å². The van der Waals surface area contributed by atoms with Gasteiger partial charge >= 0.3 is 0 Å². The highest BCUT2D eigenvalue weighted by molar-refractivity contribution is 5.56. The van der Waals surface area contributed by atoms with Crippen LogP contribution in [0.15, 0.2) is 0 Å². The zero-order chi connectivity index (χ0) is 6.46. The Kier molecular flexibility index (Phi) is 0.256. The van der Waals surface area contributed by atoms with E-state index in [9.17, 15) is 4.39 Å². The normalized spacial score (nSPS) is 104. The van der Waals surface area contributed by atoms with E-state index in [0.717, 1.165) is 23.7 Å². The molecule has 6 fully saturated rings. The second-order valence-corrected chi connectivity index (χ2v) is 5.31. The van der Waals surface area contributed by atoms with Crippen molar-refractivity contribution in [3.63, 3.8) is 0 Å². The predicted molar refractivity (Wildman–Crippen MR) is 32.9 cm³/mol. The molecule has 0 spiro atoms. The first-order chi connectivity index (χ1) is 4.74. The van der Waals surface area contributed by atoms with E-state index in [0.29, 0.717) is 11.8 Å². The molecule has 0 aliphatic heterocycles. The molecule has 6 saturated carbocycles. The predicted octanol–water partition coefficient (Wildman–Crippen LogP) is 1.47. The van der Waals surface area contributed by atoms with Crippen molar-refractivity contribution < 1.29 is 4.39 Å². The highest BCUT2D eigenvalue weighted by Gasteiger charge is 3.10. The fraction of sp³-hybridized carbons (Fsp3) is 1.00. The fourth-order valence-electron chi connectivity index (χ4n) is 5.94. The number of halogens is 1. The number of hydrogen-bond donors (Lipinski definition) is 0. The molecule has 4 atom stereocenters. The summed E-state index contributed by atoms with van der Waals surface area (Å²) < 4.78 is 13.8. The molecule has 4 unspecified atom stereocenters. The highest BCUT2D eigenvalue weighted by atomic mass is 19.1. The second-order valence-electron chi connectivity index (χ2n) is 5.31. The molecule has 10 heavy (non-hydrogen) atoms. The molecule has 52 valence electrons. The third-order valence-electron chi connectivity index (χ3n) is 6.06. The third kappa shape index (κ3) is 0.103. The topological polar surface area (TPSA) is 0 Å². The summed E-state index contributed by atoms with van der Waals surface area (Å²) in [4.78, 5) is 0. The Bertz CT molecular complexity index is 245. The Labute approximate surface area is 58.8 Å². The van der Waals surface area contributed by atoms with Crippen LogP contribution in [0.3, 0.4) is 0 Å². The van der Waals surface area contributed by atoms with Gasteiger partial charge in [0.15, 0.2) is 0 Å². The molecule has 6 rings (SSSR count). The average molecular weight is 136 g/mol. The largest absolute Gasteiger partial charge is 0.243 e. The van der Waals surface area contributed by atoms with Crippen molar-refractivity contribution in [2.45, 2.75) is 12.6 Å². The summed E-state index contributed by atoms with van der Waals surface area (Å²) in [5.41, 5.74) is -0.358. The van der Waals surface area contributed by atoms with Crippen LogP contribution in [0.5, 0.6) is 0 Å². The monoisotopic (exact) mass is 136 g/mol. The molecule has 0 aromatic carbocycles. The van der Waals surface area contributed by atoms with Crippen LogP contribution >= 0.6 is 0 Å². The molecule has 0 aromatic rings. The van der Waals surface area contributed by atoms with E-state index in [1.165, 1.54) is 0 Å². The summed E-state index contributed by atoms with van der Waals surface area (Å²) in [6.07, 6.45) is 0. The van der Waals surface area contributed by atoms with Gasteiger partial charge in [-0.15, -0.1) is 0 Å². The average Bonchev–Trinajstić information content (AvgIpc) is 1.90. The molecule has 0 heterocycles. The first-order valence-electron chi connectivity index (χ1n) is 4.43. The van der Waals surface area contributed by atoms with E-state index in [2.05, 4.69) is 6.92 Å². The van der Waals surface area contributed by atoms with Crippen molar-refractivity contribution >= 4 is 0 Å². The lowest BCUT2D eigenvalue weighted by Crippen LogP contribution is -3.11. The van der Waals surface area contributed by atoms with Crippen molar-refractivity contribution in [1.82, 2.24) is 0 Å². The summed E-state index contributed by atoms with van der Waals surface area (Å²) in [5, 5.41) is 0. The summed E-state index contributed by atoms with van der Waals surface area (Å²) in [5.74, 6) is 4.85. The Balaban J connectivity index is 1.91. The van der Waals surface area contributed by atoms with Gasteiger partial charge in [0.25, 0.3) is 0 Å². The van der Waals surface area contributed by atoms with Crippen molar-refractivity contribution in [3.05, 3.63) is 0 Å². The maximum absolute atomic E-state index is 13.8. The minimum Gasteiger partial charge on any atom is -0.243 e. The molecular formula is C9H9F. The van der Waals surface area contributed by atoms with Gasteiger partial charge in [0.1, 0.15) is 5.67 Å². The van der Waals surface area contributed by atoms with Crippen molar-refractivity contribution in [1.29, 1.82) is 0 Å². The number of hydrogen-bond acceptors (Lipinski definition) is 0. The lowest BCUT2D eigenvalue weighted by molar-refractivity contribution is -0.646. The summed E-state index contributed by atoms with van der Waals surface area (Å²) in [6.45, 7) is 2.20. The third-order valence-corrected chi connectivity index (χ3v) is 6.06. The van der Waals surface area contributed by atoms with E-state index >= 15 is 0 Å². The van der Waals surface area contributed by atoms with Gasteiger partial charge in [-0.25, -0.2) is 4.39 Å². The maximum Gasteiger partial charge on any atom is 0.123 e. The Morgan fingerprint density at radius 1 is 1.00 bits per heavy atom. The minimum atomic E-state index is -0.595. The lowest BCUT2D eigenvalue weighted by atomic mass is 8.95. The first-order valence-corrected chi connectivity index (χ1v) is 4.43. The Morgan fingerprint density at radius 3 is 1.80 bits per heavy atom. The Hall–Kier alpha value is -0.0700. The summed E-state index contributed by atoms with van der Waals surface area (Å²) >= 11 is 0. The molecule has 0 aromatic heterocycles. The second kappa shape index (κ2) is 0.627. The molecule has 6 aliphatic rings.